The highest BCUT2D eigenvalue weighted by Crippen LogP contribution is 2.18. The second-order valence-electron chi connectivity index (χ2n) is 5.42. The maximum atomic E-state index is 4.37. The Balaban J connectivity index is 1.73. The van der Waals surface area contributed by atoms with E-state index in [9.17, 15) is 0 Å². The molecular weight excluding hydrogens is 256 g/mol. The van der Waals surface area contributed by atoms with Crippen LogP contribution in [-0.2, 0) is 12.8 Å². The molecule has 0 N–H and O–H groups in total. The smallest absolute Gasteiger partial charge is 0.0680 e. The summed E-state index contributed by atoms with van der Waals surface area (Å²) in [5.74, 6) is 0. The maximum absolute atomic E-state index is 4.37. The van der Waals surface area contributed by atoms with Gasteiger partial charge in [-0.2, -0.15) is 5.10 Å². The third-order valence-corrected chi connectivity index (χ3v) is 3.75. The van der Waals surface area contributed by atoms with Crippen LogP contribution in [0.15, 0.2) is 67.0 Å². The minimum Gasteiger partial charge on any atom is -0.241 e. The zero-order chi connectivity index (χ0) is 14.5. The molecule has 0 aliphatic heterocycles. The summed E-state index contributed by atoms with van der Waals surface area (Å²) in [6, 6.07) is 19.3. The van der Waals surface area contributed by atoms with Gasteiger partial charge in [0.1, 0.15) is 0 Å². The summed E-state index contributed by atoms with van der Waals surface area (Å²) in [6.45, 7) is 2.13. The molecule has 21 heavy (non-hydrogen) atoms. The van der Waals surface area contributed by atoms with E-state index in [0.29, 0.717) is 0 Å². The topological polar surface area (TPSA) is 17.8 Å². The number of hydrogen-bond acceptors (Lipinski definition) is 1. The van der Waals surface area contributed by atoms with Crippen molar-refractivity contribution in [2.75, 3.05) is 0 Å². The van der Waals surface area contributed by atoms with E-state index < -0.39 is 0 Å². The quantitative estimate of drug-likeness (QED) is 0.677. The van der Waals surface area contributed by atoms with E-state index in [-0.39, 0.29) is 0 Å². The van der Waals surface area contributed by atoms with Crippen LogP contribution in [0.5, 0.6) is 0 Å². The molecule has 0 fully saturated rings. The summed E-state index contributed by atoms with van der Waals surface area (Å²) in [5, 5.41) is 4.37. The molecule has 2 nitrogen and oxygen atoms in total. The van der Waals surface area contributed by atoms with E-state index in [0.717, 1.165) is 19.3 Å². The van der Waals surface area contributed by atoms with E-state index in [4.69, 9.17) is 0 Å². The summed E-state index contributed by atoms with van der Waals surface area (Å²) in [7, 11) is 0. The van der Waals surface area contributed by atoms with Crippen molar-refractivity contribution in [3.63, 3.8) is 0 Å². The number of rotatable bonds is 5. The summed E-state index contributed by atoms with van der Waals surface area (Å²) >= 11 is 0. The lowest BCUT2D eigenvalue weighted by molar-refractivity contribution is 0.795. The summed E-state index contributed by atoms with van der Waals surface area (Å²) in [6.07, 6.45) is 7.19. The third kappa shape index (κ3) is 3.40. The van der Waals surface area contributed by atoms with E-state index in [2.05, 4.69) is 60.6 Å². The van der Waals surface area contributed by atoms with Gasteiger partial charge in [0.2, 0.25) is 0 Å². The zero-order valence-electron chi connectivity index (χ0n) is 12.4. The molecule has 0 saturated heterocycles. The largest absolute Gasteiger partial charge is 0.241 e. The van der Waals surface area contributed by atoms with Gasteiger partial charge in [-0.1, -0.05) is 42.5 Å². The van der Waals surface area contributed by atoms with E-state index in [1.807, 2.05) is 23.1 Å². The first-order valence-corrected chi connectivity index (χ1v) is 7.46. The molecule has 0 amide bonds. The first kappa shape index (κ1) is 13.6. The second-order valence-corrected chi connectivity index (χ2v) is 5.42. The van der Waals surface area contributed by atoms with Crippen molar-refractivity contribution < 1.29 is 0 Å². The SMILES string of the molecule is Cc1ccc(CCCc2ccccc2)c(-n2cccn2)c1. The van der Waals surface area contributed by atoms with Crippen molar-refractivity contribution in [2.45, 2.75) is 26.2 Å². The summed E-state index contributed by atoms with van der Waals surface area (Å²) in [4.78, 5) is 0. The fraction of sp³-hybridized carbons (Fsp3) is 0.211. The van der Waals surface area contributed by atoms with Gasteiger partial charge in [0.05, 0.1) is 5.69 Å². The standard InChI is InChI=1S/C19H20N2/c1-16-11-12-18(19(15-16)21-14-6-13-20-21)10-5-9-17-7-3-2-4-8-17/h2-4,6-8,11-15H,5,9-10H2,1H3. The van der Waals surface area contributed by atoms with Crippen LogP contribution in [0.25, 0.3) is 5.69 Å². The second kappa shape index (κ2) is 6.40. The van der Waals surface area contributed by atoms with Crippen molar-refractivity contribution >= 4 is 0 Å². The molecule has 0 aliphatic rings. The summed E-state index contributed by atoms with van der Waals surface area (Å²) in [5.41, 5.74) is 5.24. The molecule has 0 aliphatic carbocycles. The van der Waals surface area contributed by atoms with Gasteiger partial charge < -0.3 is 0 Å². The Morgan fingerprint density at radius 2 is 1.81 bits per heavy atom. The molecule has 3 aromatic rings. The Morgan fingerprint density at radius 3 is 2.57 bits per heavy atom. The Labute approximate surface area is 126 Å². The fourth-order valence-electron chi connectivity index (χ4n) is 2.64. The fourth-order valence-corrected chi connectivity index (χ4v) is 2.64. The van der Waals surface area contributed by atoms with Gasteiger partial charge >= 0.3 is 0 Å². The maximum Gasteiger partial charge on any atom is 0.0680 e. The minimum absolute atomic E-state index is 1.07. The van der Waals surface area contributed by atoms with Gasteiger partial charge in [-0.15, -0.1) is 0 Å². The molecule has 0 unspecified atom stereocenters. The monoisotopic (exact) mass is 276 g/mol. The van der Waals surface area contributed by atoms with Gasteiger partial charge in [-0.25, -0.2) is 4.68 Å². The van der Waals surface area contributed by atoms with E-state index in [1.165, 1.54) is 22.4 Å². The Bertz CT molecular complexity index is 685. The molecule has 0 atom stereocenters. The number of aromatic nitrogens is 2. The highest BCUT2D eigenvalue weighted by atomic mass is 15.3. The molecular formula is C19H20N2. The van der Waals surface area contributed by atoms with Crippen molar-refractivity contribution in [1.82, 2.24) is 9.78 Å². The predicted octanol–water partition coefficient (Wildman–Crippen LogP) is 4.36. The first-order chi connectivity index (χ1) is 10.3. The van der Waals surface area contributed by atoms with Crippen LogP contribution in [0.2, 0.25) is 0 Å². The molecule has 2 aromatic carbocycles. The number of hydrogen-bond donors (Lipinski definition) is 0. The van der Waals surface area contributed by atoms with Gasteiger partial charge in [0.25, 0.3) is 0 Å². The van der Waals surface area contributed by atoms with Crippen molar-refractivity contribution in [1.29, 1.82) is 0 Å². The van der Waals surface area contributed by atoms with Gasteiger partial charge in [0.15, 0.2) is 0 Å². The number of benzene rings is 2. The average Bonchev–Trinajstić information content (AvgIpc) is 3.04. The highest BCUT2D eigenvalue weighted by molar-refractivity contribution is 5.43. The van der Waals surface area contributed by atoms with Gasteiger partial charge in [-0.05, 0) is 55.0 Å². The van der Waals surface area contributed by atoms with Gasteiger partial charge in [-0.3, -0.25) is 0 Å². The molecule has 1 heterocycles. The Morgan fingerprint density at radius 1 is 0.952 bits per heavy atom. The van der Waals surface area contributed by atoms with Crippen LogP contribution in [0.1, 0.15) is 23.1 Å². The minimum atomic E-state index is 1.07. The van der Waals surface area contributed by atoms with Crippen molar-refractivity contribution in [2.24, 2.45) is 0 Å². The molecule has 0 spiro atoms. The Hall–Kier alpha value is -2.35. The van der Waals surface area contributed by atoms with Crippen molar-refractivity contribution in [3.8, 4) is 5.69 Å². The number of nitrogens with zero attached hydrogens (tertiary/aromatic N) is 2. The lowest BCUT2D eigenvalue weighted by Crippen LogP contribution is -2.01. The third-order valence-electron chi connectivity index (χ3n) is 3.75. The molecule has 1 aromatic heterocycles. The molecule has 0 bridgehead atoms. The van der Waals surface area contributed by atoms with Crippen LogP contribution in [-0.4, -0.2) is 9.78 Å². The summed E-state index contributed by atoms with van der Waals surface area (Å²) < 4.78 is 1.96. The van der Waals surface area contributed by atoms with Crippen molar-refractivity contribution in [3.05, 3.63) is 83.7 Å². The normalized spacial score (nSPS) is 10.7. The highest BCUT2D eigenvalue weighted by Gasteiger charge is 2.05. The van der Waals surface area contributed by atoms with Crippen LogP contribution >= 0.6 is 0 Å². The lowest BCUT2D eigenvalue weighted by atomic mass is 10.0. The van der Waals surface area contributed by atoms with Gasteiger partial charge in [0, 0.05) is 12.4 Å². The molecule has 3 rings (SSSR count). The lowest BCUT2D eigenvalue weighted by Gasteiger charge is -2.11. The van der Waals surface area contributed by atoms with Crippen LogP contribution in [0.3, 0.4) is 0 Å². The predicted molar refractivity (Wildman–Crippen MR) is 86.8 cm³/mol. The van der Waals surface area contributed by atoms with Crippen LogP contribution in [0, 0.1) is 6.92 Å². The van der Waals surface area contributed by atoms with Crippen LogP contribution in [0.4, 0.5) is 0 Å². The molecule has 2 heteroatoms. The molecule has 0 radical (unpaired) electrons. The van der Waals surface area contributed by atoms with Crippen LogP contribution < -0.4 is 0 Å². The molecule has 106 valence electrons. The zero-order valence-corrected chi connectivity index (χ0v) is 12.4. The number of aryl methyl sites for hydroxylation is 3. The van der Waals surface area contributed by atoms with E-state index in [1.54, 1.807) is 0 Å². The average molecular weight is 276 g/mol. The molecule has 0 saturated carbocycles. The van der Waals surface area contributed by atoms with E-state index >= 15 is 0 Å². The first-order valence-electron chi connectivity index (χ1n) is 7.46. The Kier molecular flexibility index (Phi) is 4.15.